The van der Waals surface area contributed by atoms with Crippen LogP contribution in [0.2, 0.25) is 0 Å². The third kappa shape index (κ3) is 2.07. The fourth-order valence-corrected chi connectivity index (χ4v) is 3.91. The van der Waals surface area contributed by atoms with E-state index in [0.29, 0.717) is 31.8 Å². The molecule has 0 aromatic carbocycles. The van der Waals surface area contributed by atoms with Crippen molar-refractivity contribution in [3.8, 4) is 6.07 Å². The zero-order chi connectivity index (χ0) is 14.3. The van der Waals surface area contributed by atoms with Crippen LogP contribution in [0.4, 0.5) is 0 Å². The molecule has 2 saturated carbocycles. The number of amides is 1. The van der Waals surface area contributed by atoms with Crippen molar-refractivity contribution in [3.63, 3.8) is 0 Å². The number of hydrogen-bond acceptors (Lipinski definition) is 3. The Morgan fingerprint density at radius 3 is 2.35 bits per heavy atom. The van der Waals surface area contributed by atoms with Crippen molar-refractivity contribution in [3.05, 3.63) is 0 Å². The Kier molecular flexibility index (Phi) is 3.19. The van der Waals surface area contributed by atoms with Crippen molar-refractivity contribution in [2.75, 3.05) is 13.1 Å². The first-order valence-electron chi connectivity index (χ1n) is 7.51. The first kappa shape index (κ1) is 13.4. The summed E-state index contributed by atoms with van der Waals surface area (Å²) in [5.74, 6) is -0.797. The van der Waals surface area contributed by atoms with Gasteiger partial charge in [-0.3, -0.25) is 9.59 Å². The molecule has 108 valence electrons. The molecule has 5 heteroatoms. The minimum absolute atomic E-state index is 0.0913. The molecule has 1 amide bonds. The summed E-state index contributed by atoms with van der Waals surface area (Å²) in [4.78, 5) is 25.7. The number of hydrogen-bond donors (Lipinski definition) is 1. The van der Waals surface area contributed by atoms with Gasteiger partial charge in [-0.15, -0.1) is 0 Å². The summed E-state index contributed by atoms with van der Waals surface area (Å²) in [5.41, 5.74) is -0.874. The van der Waals surface area contributed by atoms with E-state index in [0.717, 1.165) is 25.7 Å². The standard InChI is InChI=1S/C15H20N2O3/c16-9-15(5-1-2-6-15)14(20)17-7-11(10-3-4-10)12(8-17)13(18)19/h10-12H,1-8H2,(H,18,19)/t11-,12+/m1/s1. The molecule has 0 radical (unpaired) electrons. The topological polar surface area (TPSA) is 81.4 Å². The van der Waals surface area contributed by atoms with Gasteiger partial charge in [0.05, 0.1) is 12.0 Å². The van der Waals surface area contributed by atoms with Gasteiger partial charge in [0.15, 0.2) is 0 Å². The second kappa shape index (κ2) is 4.76. The number of carbonyl (C=O) groups is 2. The molecule has 0 aromatic rings. The Bertz CT molecular complexity index is 472. The minimum Gasteiger partial charge on any atom is -0.481 e. The van der Waals surface area contributed by atoms with Gasteiger partial charge in [0.2, 0.25) is 5.91 Å². The Morgan fingerprint density at radius 1 is 1.20 bits per heavy atom. The van der Waals surface area contributed by atoms with Crippen LogP contribution in [0.25, 0.3) is 0 Å². The third-order valence-corrected chi connectivity index (χ3v) is 5.28. The Balaban J connectivity index is 1.76. The van der Waals surface area contributed by atoms with Crippen molar-refractivity contribution < 1.29 is 14.7 Å². The molecule has 3 aliphatic rings. The molecular formula is C15H20N2O3. The van der Waals surface area contributed by atoms with Gasteiger partial charge in [-0.2, -0.15) is 5.26 Å². The fraction of sp³-hybridized carbons (Fsp3) is 0.800. The van der Waals surface area contributed by atoms with Gasteiger partial charge in [0.25, 0.3) is 0 Å². The molecule has 0 bridgehead atoms. The summed E-state index contributed by atoms with van der Waals surface area (Å²) in [6, 6.07) is 2.22. The van der Waals surface area contributed by atoms with Crippen LogP contribution in [0.15, 0.2) is 0 Å². The number of nitriles is 1. The molecular weight excluding hydrogens is 256 g/mol. The summed E-state index contributed by atoms with van der Waals surface area (Å²) in [6.07, 6.45) is 5.26. The van der Waals surface area contributed by atoms with Crippen LogP contribution in [0.5, 0.6) is 0 Å². The Hall–Kier alpha value is -1.57. The van der Waals surface area contributed by atoms with Crippen LogP contribution < -0.4 is 0 Å². The second-order valence-electron chi connectivity index (χ2n) is 6.56. The summed E-state index contributed by atoms with van der Waals surface area (Å²) in [5, 5.41) is 18.7. The number of carboxylic acid groups (broad SMARTS) is 1. The molecule has 20 heavy (non-hydrogen) atoms. The zero-order valence-corrected chi connectivity index (χ0v) is 11.5. The summed E-state index contributed by atoms with van der Waals surface area (Å²) in [7, 11) is 0. The first-order valence-corrected chi connectivity index (χ1v) is 7.51. The predicted octanol–water partition coefficient (Wildman–Crippen LogP) is 1.64. The van der Waals surface area contributed by atoms with Crippen molar-refractivity contribution in [2.24, 2.45) is 23.2 Å². The lowest BCUT2D eigenvalue weighted by Crippen LogP contribution is -2.41. The Labute approximate surface area is 118 Å². The molecule has 1 N–H and O–H groups in total. The van der Waals surface area contributed by atoms with Crippen LogP contribution in [-0.2, 0) is 9.59 Å². The predicted molar refractivity (Wildman–Crippen MR) is 70.4 cm³/mol. The molecule has 0 spiro atoms. The van der Waals surface area contributed by atoms with E-state index in [9.17, 15) is 20.0 Å². The highest BCUT2D eigenvalue weighted by Gasteiger charge is 2.51. The second-order valence-corrected chi connectivity index (χ2v) is 6.56. The molecule has 5 nitrogen and oxygen atoms in total. The number of carbonyl (C=O) groups excluding carboxylic acids is 1. The zero-order valence-electron chi connectivity index (χ0n) is 11.5. The maximum absolute atomic E-state index is 12.7. The third-order valence-electron chi connectivity index (χ3n) is 5.28. The van der Waals surface area contributed by atoms with E-state index in [1.54, 1.807) is 4.90 Å². The van der Waals surface area contributed by atoms with Crippen molar-refractivity contribution in [1.82, 2.24) is 4.90 Å². The largest absolute Gasteiger partial charge is 0.481 e. The van der Waals surface area contributed by atoms with Gasteiger partial charge in [-0.1, -0.05) is 12.8 Å². The van der Waals surface area contributed by atoms with E-state index in [1.807, 2.05) is 0 Å². The van der Waals surface area contributed by atoms with Gasteiger partial charge < -0.3 is 10.0 Å². The molecule has 1 saturated heterocycles. The highest BCUT2D eigenvalue weighted by atomic mass is 16.4. The Morgan fingerprint density at radius 2 is 1.85 bits per heavy atom. The average Bonchev–Trinajstić information content (AvgIpc) is 3.02. The summed E-state index contributed by atoms with van der Waals surface area (Å²) < 4.78 is 0. The molecule has 0 aromatic heterocycles. The van der Waals surface area contributed by atoms with Crippen LogP contribution in [0.1, 0.15) is 38.5 Å². The number of rotatable bonds is 3. The number of likely N-dealkylation sites (tertiary alicyclic amines) is 1. The summed E-state index contributed by atoms with van der Waals surface area (Å²) in [6.45, 7) is 0.822. The van der Waals surface area contributed by atoms with Crippen LogP contribution in [0.3, 0.4) is 0 Å². The highest BCUT2D eigenvalue weighted by molar-refractivity contribution is 5.87. The summed E-state index contributed by atoms with van der Waals surface area (Å²) >= 11 is 0. The number of carboxylic acids is 1. The van der Waals surface area contributed by atoms with E-state index in [-0.39, 0.29) is 11.8 Å². The van der Waals surface area contributed by atoms with Gasteiger partial charge in [-0.05, 0) is 37.5 Å². The van der Waals surface area contributed by atoms with Crippen molar-refractivity contribution in [2.45, 2.75) is 38.5 Å². The van der Waals surface area contributed by atoms with Crippen LogP contribution >= 0.6 is 0 Å². The van der Waals surface area contributed by atoms with E-state index in [4.69, 9.17) is 0 Å². The quantitative estimate of drug-likeness (QED) is 0.849. The monoisotopic (exact) mass is 276 g/mol. The van der Waals surface area contributed by atoms with E-state index in [1.165, 1.54) is 0 Å². The number of aliphatic carboxylic acids is 1. The van der Waals surface area contributed by atoms with E-state index >= 15 is 0 Å². The van der Waals surface area contributed by atoms with Gasteiger partial charge in [-0.25, -0.2) is 0 Å². The van der Waals surface area contributed by atoms with E-state index in [2.05, 4.69) is 6.07 Å². The fourth-order valence-electron chi connectivity index (χ4n) is 3.91. The maximum atomic E-state index is 12.7. The normalized spacial score (nSPS) is 32.0. The molecule has 2 atom stereocenters. The molecule has 3 fully saturated rings. The average molecular weight is 276 g/mol. The van der Waals surface area contributed by atoms with Gasteiger partial charge in [0.1, 0.15) is 5.41 Å². The smallest absolute Gasteiger partial charge is 0.308 e. The molecule has 0 unspecified atom stereocenters. The van der Waals surface area contributed by atoms with Crippen molar-refractivity contribution >= 4 is 11.9 Å². The first-order chi connectivity index (χ1) is 9.57. The van der Waals surface area contributed by atoms with E-state index < -0.39 is 17.3 Å². The highest BCUT2D eigenvalue weighted by Crippen LogP contribution is 2.46. The van der Waals surface area contributed by atoms with Gasteiger partial charge >= 0.3 is 5.97 Å². The lowest BCUT2D eigenvalue weighted by Gasteiger charge is -2.26. The lowest BCUT2D eigenvalue weighted by molar-refractivity contribution is -0.143. The maximum Gasteiger partial charge on any atom is 0.308 e. The van der Waals surface area contributed by atoms with Crippen molar-refractivity contribution in [1.29, 1.82) is 5.26 Å². The SMILES string of the molecule is N#CC1(C(=O)N2C[C@H](C(=O)O)[C@@H](C3CC3)C2)CCCC1. The van der Waals surface area contributed by atoms with Crippen LogP contribution in [0, 0.1) is 34.5 Å². The molecule has 1 heterocycles. The van der Waals surface area contributed by atoms with Crippen LogP contribution in [-0.4, -0.2) is 35.0 Å². The van der Waals surface area contributed by atoms with Gasteiger partial charge in [0, 0.05) is 13.1 Å². The molecule has 2 aliphatic carbocycles. The minimum atomic E-state index is -0.874. The molecule has 1 aliphatic heterocycles. The number of nitrogens with zero attached hydrogens (tertiary/aromatic N) is 2. The lowest BCUT2D eigenvalue weighted by atomic mass is 9.86. The molecule has 3 rings (SSSR count).